The number of hydrogen-bond donors (Lipinski definition) is 1. The number of rotatable bonds is 6. The Morgan fingerprint density at radius 3 is 2.50 bits per heavy atom. The minimum atomic E-state index is -0.305. The predicted molar refractivity (Wildman–Crippen MR) is 109 cm³/mol. The molecule has 1 N–H and O–H groups in total. The lowest BCUT2D eigenvalue weighted by atomic mass is 9.71. The van der Waals surface area contributed by atoms with Crippen LogP contribution in [0.2, 0.25) is 0 Å². The Labute approximate surface area is 172 Å². The predicted octanol–water partition coefficient (Wildman–Crippen LogP) is 4.38. The van der Waals surface area contributed by atoms with Crippen molar-refractivity contribution in [2.45, 2.75) is 37.6 Å². The van der Waals surface area contributed by atoms with Crippen LogP contribution < -0.4 is 14.8 Å². The van der Waals surface area contributed by atoms with E-state index in [9.17, 15) is 9.59 Å². The van der Waals surface area contributed by atoms with Gasteiger partial charge in [-0.3, -0.25) is 9.59 Å². The van der Waals surface area contributed by atoms with E-state index < -0.39 is 0 Å². The van der Waals surface area contributed by atoms with Crippen LogP contribution in [0.5, 0.6) is 11.5 Å². The maximum atomic E-state index is 12.6. The Kier molecular flexibility index (Phi) is 5.40. The number of Topliss-reactive ketones (excluding diaryl/α,β-unsaturated/α-hetero) is 1. The molecule has 0 unspecified atom stereocenters. The van der Waals surface area contributed by atoms with Gasteiger partial charge in [-0.1, -0.05) is 28.1 Å². The highest BCUT2D eigenvalue weighted by atomic mass is 79.9. The van der Waals surface area contributed by atoms with Crippen molar-refractivity contribution in [1.82, 2.24) is 5.32 Å². The first-order valence-electron chi connectivity index (χ1n) is 9.56. The quantitative estimate of drug-likeness (QED) is 0.672. The van der Waals surface area contributed by atoms with Crippen molar-refractivity contribution in [3.63, 3.8) is 0 Å². The molecule has 1 fully saturated rings. The van der Waals surface area contributed by atoms with Crippen molar-refractivity contribution in [2.24, 2.45) is 0 Å². The molecular formula is C22H22BrNO4. The topological polar surface area (TPSA) is 64.6 Å². The van der Waals surface area contributed by atoms with Gasteiger partial charge in [0.25, 0.3) is 0 Å². The fourth-order valence-electron chi connectivity index (χ4n) is 3.72. The molecule has 2 aromatic rings. The van der Waals surface area contributed by atoms with E-state index in [1.165, 1.54) is 0 Å². The van der Waals surface area contributed by atoms with Crippen LogP contribution in [0.15, 0.2) is 46.9 Å². The third-order valence-electron chi connectivity index (χ3n) is 5.41. The van der Waals surface area contributed by atoms with Gasteiger partial charge in [0.15, 0.2) is 17.3 Å². The minimum absolute atomic E-state index is 0.0720. The van der Waals surface area contributed by atoms with E-state index in [0.29, 0.717) is 30.3 Å². The zero-order valence-electron chi connectivity index (χ0n) is 15.5. The Hall–Kier alpha value is -2.34. The fourth-order valence-corrected chi connectivity index (χ4v) is 4.12. The lowest BCUT2D eigenvalue weighted by Gasteiger charge is -2.43. The smallest absolute Gasteiger partial charge is 0.221 e. The van der Waals surface area contributed by atoms with E-state index in [1.807, 2.05) is 18.2 Å². The van der Waals surface area contributed by atoms with Crippen molar-refractivity contribution < 1.29 is 19.1 Å². The molecule has 1 aliphatic heterocycles. The molecule has 1 amide bonds. The number of fused-ring (bicyclic) bond motifs is 1. The van der Waals surface area contributed by atoms with Crippen LogP contribution in [0.3, 0.4) is 0 Å². The van der Waals surface area contributed by atoms with E-state index in [2.05, 4.69) is 27.3 Å². The highest BCUT2D eigenvalue weighted by Crippen LogP contribution is 2.42. The molecule has 0 aromatic heterocycles. The summed E-state index contributed by atoms with van der Waals surface area (Å²) in [4.78, 5) is 25.1. The molecule has 1 saturated carbocycles. The molecular weight excluding hydrogens is 422 g/mol. The van der Waals surface area contributed by atoms with E-state index in [1.54, 1.807) is 18.2 Å². The molecule has 146 valence electrons. The van der Waals surface area contributed by atoms with E-state index >= 15 is 0 Å². The summed E-state index contributed by atoms with van der Waals surface area (Å²) in [5.41, 5.74) is 1.35. The van der Waals surface area contributed by atoms with E-state index in [4.69, 9.17) is 9.47 Å². The van der Waals surface area contributed by atoms with Gasteiger partial charge in [-0.25, -0.2) is 0 Å². The van der Waals surface area contributed by atoms with Crippen molar-refractivity contribution in [3.8, 4) is 11.5 Å². The Morgan fingerprint density at radius 2 is 1.79 bits per heavy atom. The van der Waals surface area contributed by atoms with Crippen molar-refractivity contribution >= 4 is 27.6 Å². The van der Waals surface area contributed by atoms with Gasteiger partial charge in [-0.15, -0.1) is 0 Å². The molecule has 0 radical (unpaired) electrons. The number of nitrogens with one attached hydrogen (secondary N) is 1. The van der Waals surface area contributed by atoms with Crippen LogP contribution >= 0.6 is 15.9 Å². The SMILES string of the molecule is O=C(CCC(=O)c1ccc2c(c1)OCCO2)NC1(c2cccc(Br)c2)CCC1. The average Bonchev–Trinajstić information content (AvgIpc) is 2.68. The highest BCUT2D eigenvalue weighted by Gasteiger charge is 2.40. The van der Waals surface area contributed by atoms with Crippen LogP contribution in [0, 0.1) is 0 Å². The molecule has 4 rings (SSSR count). The van der Waals surface area contributed by atoms with Crippen molar-refractivity contribution in [2.75, 3.05) is 13.2 Å². The fraction of sp³-hybridized carbons (Fsp3) is 0.364. The summed E-state index contributed by atoms with van der Waals surface area (Å²) in [6.07, 6.45) is 3.27. The summed E-state index contributed by atoms with van der Waals surface area (Å²) in [7, 11) is 0. The third-order valence-corrected chi connectivity index (χ3v) is 5.90. The summed E-state index contributed by atoms with van der Waals surface area (Å²) in [6, 6.07) is 13.2. The molecule has 2 aliphatic rings. The number of benzene rings is 2. The normalized spacial score (nSPS) is 16.8. The zero-order chi connectivity index (χ0) is 19.6. The van der Waals surface area contributed by atoms with Gasteiger partial charge in [-0.2, -0.15) is 0 Å². The first kappa shape index (κ1) is 19.0. The summed E-state index contributed by atoms with van der Waals surface area (Å²) < 4.78 is 12.0. The number of ketones is 1. The first-order valence-corrected chi connectivity index (χ1v) is 10.3. The maximum absolute atomic E-state index is 12.6. The van der Waals surface area contributed by atoms with Gasteiger partial charge in [0, 0.05) is 22.9 Å². The molecule has 0 spiro atoms. The lowest BCUT2D eigenvalue weighted by Crippen LogP contribution is -2.50. The molecule has 6 heteroatoms. The summed E-state index contributed by atoms with van der Waals surface area (Å²) >= 11 is 3.50. The van der Waals surface area contributed by atoms with Crippen LogP contribution in [0.4, 0.5) is 0 Å². The highest BCUT2D eigenvalue weighted by molar-refractivity contribution is 9.10. The number of carbonyl (C=O) groups is 2. The molecule has 1 heterocycles. The number of hydrogen-bond acceptors (Lipinski definition) is 4. The van der Waals surface area contributed by atoms with Crippen molar-refractivity contribution in [1.29, 1.82) is 0 Å². The Balaban J connectivity index is 1.37. The summed E-state index contributed by atoms with van der Waals surface area (Å²) in [5.74, 6) is 1.08. The van der Waals surface area contributed by atoms with Gasteiger partial charge in [0.1, 0.15) is 13.2 Å². The summed E-state index contributed by atoms with van der Waals surface area (Å²) in [6.45, 7) is 0.991. The number of carbonyl (C=O) groups excluding carboxylic acids is 2. The number of amides is 1. The number of halogens is 1. The maximum Gasteiger partial charge on any atom is 0.221 e. The zero-order valence-corrected chi connectivity index (χ0v) is 17.1. The molecule has 5 nitrogen and oxygen atoms in total. The van der Waals surface area contributed by atoms with Gasteiger partial charge in [0.2, 0.25) is 5.91 Å². The Bertz CT molecular complexity index is 907. The standard InChI is InChI=1S/C22H22BrNO4/c23-17-4-1-3-16(14-17)22(9-2-10-22)24-21(26)8-6-18(25)15-5-7-19-20(13-15)28-12-11-27-19/h1,3-5,7,13-14H,2,6,8-12H2,(H,24,26). The van der Waals surface area contributed by atoms with Crippen LogP contribution in [-0.2, 0) is 10.3 Å². The minimum Gasteiger partial charge on any atom is -0.486 e. The molecule has 2 aromatic carbocycles. The molecule has 0 atom stereocenters. The second kappa shape index (κ2) is 7.95. The van der Waals surface area contributed by atoms with Crippen LogP contribution in [0.25, 0.3) is 0 Å². The van der Waals surface area contributed by atoms with Gasteiger partial charge in [0.05, 0.1) is 5.54 Å². The monoisotopic (exact) mass is 443 g/mol. The average molecular weight is 444 g/mol. The Morgan fingerprint density at radius 1 is 1.00 bits per heavy atom. The lowest BCUT2D eigenvalue weighted by molar-refractivity contribution is -0.124. The molecule has 0 saturated heterocycles. The largest absolute Gasteiger partial charge is 0.486 e. The number of ether oxygens (including phenoxy) is 2. The third kappa shape index (κ3) is 3.92. The second-order valence-electron chi connectivity index (χ2n) is 7.28. The summed E-state index contributed by atoms with van der Waals surface area (Å²) in [5, 5.41) is 3.17. The van der Waals surface area contributed by atoms with E-state index in [-0.39, 0.29) is 30.1 Å². The van der Waals surface area contributed by atoms with Crippen LogP contribution in [0.1, 0.15) is 48.0 Å². The van der Waals surface area contributed by atoms with Crippen molar-refractivity contribution in [3.05, 3.63) is 58.1 Å². The van der Waals surface area contributed by atoms with Gasteiger partial charge >= 0.3 is 0 Å². The van der Waals surface area contributed by atoms with Gasteiger partial charge < -0.3 is 14.8 Å². The van der Waals surface area contributed by atoms with Crippen LogP contribution in [-0.4, -0.2) is 24.9 Å². The second-order valence-corrected chi connectivity index (χ2v) is 8.19. The molecule has 28 heavy (non-hydrogen) atoms. The van der Waals surface area contributed by atoms with E-state index in [0.717, 1.165) is 29.3 Å². The molecule has 1 aliphatic carbocycles. The molecule has 0 bridgehead atoms. The first-order chi connectivity index (χ1) is 13.6. The van der Waals surface area contributed by atoms with Gasteiger partial charge in [-0.05, 0) is 55.2 Å².